The minimum Gasteiger partial charge on any atom is -0.493 e. The minimum atomic E-state index is -1.08. The average Bonchev–Trinajstić information content (AvgIpc) is 2.70. The van der Waals surface area contributed by atoms with Crippen LogP contribution in [-0.4, -0.2) is 37.6 Å². The third-order valence-corrected chi connectivity index (χ3v) is 3.53. The first-order valence-electron chi connectivity index (χ1n) is 7.77. The lowest BCUT2D eigenvalue weighted by molar-refractivity contribution is -0.385. The van der Waals surface area contributed by atoms with Gasteiger partial charge in [0.25, 0.3) is 11.6 Å². The number of esters is 1. The maximum atomic E-state index is 12.2. The predicted molar refractivity (Wildman–Crippen MR) is 96.3 cm³/mol. The van der Waals surface area contributed by atoms with Crippen LogP contribution in [0, 0.1) is 21.4 Å². The number of carbonyl (C=O) groups is 2. The summed E-state index contributed by atoms with van der Waals surface area (Å²) in [5.41, 5.74) is -0.250. The van der Waals surface area contributed by atoms with Crippen LogP contribution in [0.5, 0.6) is 11.5 Å². The number of carbonyl (C=O) groups excluding carboxylic acids is 2. The van der Waals surface area contributed by atoms with Crippen molar-refractivity contribution >= 4 is 23.3 Å². The number of ether oxygens (including phenoxy) is 3. The van der Waals surface area contributed by atoms with E-state index in [1.165, 1.54) is 20.3 Å². The summed E-state index contributed by atoms with van der Waals surface area (Å²) in [7, 11) is 2.60. The van der Waals surface area contributed by atoms with E-state index in [1.807, 2.05) is 6.07 Å². The Balaban J connectivity index is 2.12. The van der Waals surface area contributed by atoms with E-state index in [4.69, 9.17) is 19.5 Å². The van der Waals surface area contributed by atoms with Crippen LogP contribution in [0.25, 0.3) is 0 Å². The molecule has 0 atom stereocenters. The quantitative estimate of drug-likeness (QED) is 0.435. The molecule has 28 heavy (non-hydrogen) atoms. The highest BCUT2D eigenvalue weighted by molar-refractivity contribution is 5.98. The summed E-state index contributed by atoms with van der Waals surface area (Å²) < 4.78 is 14.9. The standard InChI is InChI=1S/C18H15N3O7/c1-26-15-7-13(14(21(24)25)8-16(15)27-2)18(23)28-10-17(22)20-12-5-3-4-11(6-12)9-19/h3-8H,10H2,1-2H3,(H,20,22). The second kappa shape index (κ2) is 9.00. The van der Waals surface area contributed by atoms with Gasteiger partial charge in [0, 0.05) is 11.8 Å². The van der Waals surface area contributed by atoms with Crippen LogP contribution in [0.3, 0.4) is 0 Å². The number of nitrogens with one attached hydrogen (secondary N) is 1. The molecule has 1 amide bonds. The summed E-state index contributed by atoms with van der Waals surface area (Å²) >= 11 is 0. The molecule has 0 bridgehead atoms. The van der Waals surface area contributed by atoms with Gasteiger partial charge < -0.3 is 19.5 Å². The lowest BCUT2D eigenvalue weighted by Gasteiger charge is -2.10. The number of nitro groups is 1. The topological polar surface area (TPSA) is 141 Å². The highest BCUT2D eigenvalue weighted by atomic mass is 16.6. The number of rotatable bonds is 7. The van der Waals surface area contributed by atoms with Gasteiger partial charge in [0.15, 0.2) is 18.1 Å². The van der Waals surface area contributed by atoms with Crippen molar-refractivity contribution in [2.45, 2.75) is 0 Å². The summed E-state index contributed by atoms with van der Waals surface area (Å²) in [5.74, 6) is -1.58. The number of methoxy groups -OCH3 is 2. The molecule has 144 valence electrons. The molecular weight excluding hydrogens is 370 g/mol. The van der Waals surface area contributed by atoms with Crippen molar-refractivity contribution in [1.29, 1.82) is 5.26 Å². The van der Waals surface area contributed by atoms with Crippen molar-refractivity contribution < 1.29 is 28.7 Å². The number of anilines is 1. The zero-order valence-corrected chi connectivity index (χ0v) is 14.9. The number of amides is 1. The van der Waals surface area contributed by atoms with Crippen LogP contribution in [0.1, 0.15) is 15.9 Å². The molecule has 10 nitrogen and oxygen atoms in total. The van der Waals surface area contributed by atoms with Gasteiger partial charge >= 0.3 is 5.97 Å². The summed E-state index contributed by atoms with van der Waals surface area (Å²) in [6.45, 7) is -0.679. The zero-order valence-electron chi connectivity index (χ0n) is 14.9. The number of nitriles is 1. The molecule has 0 aliphatic heterocycles. The molecule has 0 aliphatic rings. The fraction of sp³-hybridized carbons (Fsp3) is 0.167. The van der Waals surface area contributed by atoms with Gasteiger partial charge in [0.2, 0.25) is 0 Å². The van der Waals surface area contributed by atoms with Crippen molar-refractivity contribution in [1.82, 2.24) is 0 Å². The predicted octanol–water partition coefficient (Wildman–Crippen LogP) is 2.28. The third kappa shape index (κ3) is 4.73. The van der Waals surface area contributed by atoms with Crippen molar-refractivity contribution in [3.8, 4) is 17.6 Å². The Morgan fingerprint density at radius 1 is 1.18 bits per heavy atom. The number of hydrogen-bond acceptors (Lipinski definition) is 8. The molecule has 1 N–H and O–H groups in total. The maximum absolute atomic E-state index is 12.2. The molecule has 0 radical (unpaired) electrons. The fourth-order valence-electron chi connectivity index (χ4n) is 2.26. The van der Waals surface area contributed by atoms with E-state index in [-0.39, 0.29) is 17.1 Å². The Kier molecular flexibility index (Phi) is 6.49. The van der Waals surface area contributed by atoms with E-state index in [1.54, 1.807) is 18.2 Å². The molecule has 0 aromatic heterocycles. The first-order chi connectivity index (χ1) is 13.4. The van der Waals surface area contributed by atoms with E-state index in [0.29, 0.717) is 11.3 Å². The van der Waals surface area contributed by atoms with E-state index in [9.17, 15) is 19.7 Å². The van der Waals surface area contributed by atoms with E-state index < -0.39 is 29.1 Å². The highest BCUT2D eigenvalue weighted by Crippen LogP contribution is 2.34. The Bertz CT molecular complexity index is 966. The lowest BCUT2D eigenvalue weighted by atomic mass is 10.1. The normalized spacial score (nSPS) is 9.75. The van der Waals surface area contributed by atoms with Crippen molar-refractivity contribution in [2.24, 2.45) is 0 Å². The van der Waals surface area contributed by atoms with Gasteiger partial charge in [-0.1, -0.05) is 6.07 Å². The lowest BCUT2D eigenvalue weighted by Crippen LogP contribution is -2.21. The van der Waals surface area contributed by atoms with Crippen LogP contribution in [-0.2, 0) is 9.53 Å². The van der Waals surface area contributed by atoms with E-state index >= 15 is 0 Å². The van der Waals surface area contributed by atoms with Crippen molar-refractivity contribution in [3.63, 3.8) is 0 Å². The van der Waals surface area contributed by atoms with Gasteiger partial charge in [-0.2, -0.15) is 5.26 Å². The first-order valence-corrected chi connectivity index (χ1v) is 7.77. The zero-order chi connectivity index (χ0) is 20.7. The summed E-state index contributed by atoms with van der Waals surface area (Å²) in [6.07, 6.45) is 0. The van der Waals surface area contributed by atoms with Gasteiger partial charge in [-0.15, -0.1) is 0 Å². The molecule has 10 heteroatoms. The second-order valence-electron chi connectivity index (χ2n) is 5.30. The van der Waals surface area contributed by atoms with E-state index in [2.05, 4.69) is 5.32 Å². The monoisotopic (exact) mass is 385 g/mol. The van der Waals surface area contributed by atoms with Crippen LogP contribution in [0.15, 0.2) is 36.4 Å². The molecule has 2 aromatic carbocycles. The van der Waals surface area contributed by atoms with Crippen LogP contribution >= 0.6 is 0 Å². The number of benzene rings is 2. The maximum Gasteiger partial charge on any atom is 0.345 e. The SMILES string of the molecule is COc1cc(C(=O)OCC(=O)Nc2cccc(C#N)c2)c([N+](=O)[O-])cc1OC. The van der Waals surface area contributed by atoms with Crippen LogP contribution in [0.4, 0.5) is 11.4 Å². The van der Waals surface area contributed by atoms with Crippen LogP contribution in [0.2, 0.25) is 0 Å². The molecule has 0 aliphatic carbocycles. The third-order valence-electron chi connectivity index (χ3n) is 3.53. The van der Waals surface area contributed by atoms with Crippen LogP contribution < -0.4 is 14.8 Å². The Morgan fingerprint density at radius 3 is 2.46 bits per heavy atom. The molecule has 2 rings (SSSR count). The number of hydrogen-bond donors (Lipinski definition) is 1. The molecule has 0 heterocycles. The number of nitrogens with zero attached hydrogens (tertiary/aromatic N) is 2. The Hall–Kier alpha value is -4.13. The fourth-order valence-corrected chi connectivity index (χ4v) is 2.26. The largest absolute Gasteiger partial charge is 0.493 e. The average molecular weight is 385 g/mol. The molecular formula is C18H15N3O7. The molecule has 2 aromatic rings. The van der Waals surface area contributed by atoms with Gasteiger partial charge in [0.05, 0.1) is 36.8 Å². The van der Waals surface area contributed by atoms with E-state index in [0.717, 1.165) is 12.1 Å². The highest BCUT2D eigenvalue weighted by Gasteiger charge is 2.26. The van der Waals surface area contributed by atoms with Crippen molar-refractivity contribution in [3.05, 3.63) is 57.6 Å². The smallest absolute Gasteiger partial charge is 0.345 e. The van der Waals surface area contributed by atoms with Gasteiger partial charge in [-0.25, -0.2) is 4.79 Å². The minimum absolute atomic E-state index is 0.0702. The second-order valence-corrected chi connectivity index (χ2v) is 5.30. The van der Waals surface area contributed by atoms with Gasteiger partial charge in [-0.05, 0) is 18.2 Å². The Morgan fingerprint density at radius 2 is 1.86 bits per heavy atom. The Labute approximate surface area is 159 Å². The molecule has 0 saturated carbocycles. The number of nitro benzene ring substituents is 1. The van der Waals surface area contributed by atoms with Crippen molar-refractivity contribution in [2.75, 3.05) is 26.1 Å². The first kappa shape index (κ1) is 20.2. The van der Waals surface area contributed by atoms with Gasteiger partial charge in [-0.3, -0.25) is 14.9 Å². The van der Waals surface area contributed by atoms with Gasteiger partial charge in [0.1, 0.15) is 5.56 Å². The molecule has 0 fully saturated rings. The summed E-state index contributed by atoms with van der Waals surface area (Å²) in [6, 6.07) is 10.2. The molecule has 0 unspecified atom stereocenters. The summed E-state index contributed by atoms with van der Waals surface area (Å²) in [4.78, 5) is 34.6. The molecule has 0 spiro atoms. The molecule has 0 saturated heterocycles. The summed E-state index contributed by atoms with van der Waals surface area (Å²) in [5, 5.41) is 22.5.